The molecule has 0 saturated heterocycles. The van der Waals surface area contributed by atoms with Crippen molar-refractivity contribution in [1.82, 2.24) is 14.6 Å². The molecule has 6 heteroatoms. The maximum atomic E-state index is 11.5. The van der Waals surface area contributed by atoms with E-state index in [-0.39, 0.29) is 5.69 Å². The van der Waals surface area contributed by atoms with E-state index in [0.717, 1.165) is 10.2 Å². The molecule has 0 amide bonds. The van der Waals surface area contributed by atoms with Gasteiger partial charge in [0.25, 0.3) is 0 Å². The van der Waals surface area contributed by atoms with Gasteiger partial charge in [-0.2, -0.15) is 5.10 Å². The summed E-state index contributed by atoms with van der Waals surface area (Å²) >= 11 is 3.35. The minimum absolute atomic E-state index is 0.263. The van der Waals surface area contributed by atoms with Gasteiger partial charge in [-0.05, 0) is 35.8 Å². The van der Waals surface area contributed by atoms with E-state index in [4.69, 9.17) is 4.74 Å². The molecule has 16 heavy (non-hydrogen) atoms. The van der Waals surface area contributed by atoms with Crippen molar-refractivity contribution >= 4 is 27.5 Å². The Morgan fingerprint density at radius 2 is 2.38 bits per heavy atom. The number of aryl methyl sites for hydroxylation is 1. The summed E-state index contributed by atoms with van der Waals surface area (Å²) in [6, 6.07) is 1.61. The van der Waals surface area contributed by atoms with E-state index in [2.05, 4.69) is 26.0 Å². The van der Waals surface area contributed by atoms with Gasteiger partial charge in [0, 0.05) is 0 Å². The second-order valence-corrected chi connectivity index (χ2v) is 4.10. The maximum absolute atomic E-state index is 11.5. The fourth-order valence-electron chi connectivity index (χ4n) is 1.36. The lowest BCUT2D eigenvalue weighted by molar-refractivity contribution is 0.0517. The zero-order valence-electron chi connectivity index (χ0n) is 8.90. The van der Waals surface area contributed by atoms with Crippen molar-refractivity contribution in [3.8, 4) is 0 Å². The number of hydrogen-bond donors (Lipinski definition) is 0. The average molecular weight is 284 g/mol. The molecule has 0 fully saturated rings. The molecule has 2 aromatic rings. The Kier molecular flexibility index (Phi) is 2.91. The molecule has 2 heterocycles. The van der Waals surface area contributed by atoms with Crippen molar-refractivity contribution in [2.75, 3.05) is 6.61 Å². The van der Waals surface area contributed by atoms with Crippen LogP contribution in [0.1, 0.15) is 23.1 Å². The third-order valence-corrected chi connectivity index (χ3v) is 2.57. The summed E-state index contributed by atoms with van der Waals surface area (Å²) in [6.45, 7) is 3.96. The first-order chi connectivity index (χ1) is 7.61. The van der Waals surface area contributed by atoms with Gasteiger partial charge in [0.05, 0.1) is 23.0 Å². The summed E-state index contributed by atoms with van der Waals surface area (Å²) < 4.78 is 7.16. The van der Waals surface area contributed by atoms with E-state index >= 15 is 0 Å². The van der Waals surface area contributed by atoms with E-state index in [1.165, 1.54) is 0 Å². The topological polar surface area (TPSA) is 56.5 Å². The van der Waals surface area contributed by atoms with E-state index in [0.29, 0.717) is 12.3 Å². The number of aromatic nitrogens is 3. The molecule has 5 nitrogen and oxygen atoms in total. The molecule has 84 valence electrons. The highest BCUT2D eigenvalue weighted by molar-refractivity contribution is 9.10. The molecule has 2 aromatic heterocycles. The Hall–Kier alpha value is -1.43. The van der Waals surface area contributed by atoms with E-state index < -0.39 is 5.97 Å². The Labute approximate surface area is 101 Å². The largest absolute Gasteiger partial charge is 0.461 e. The summed E-state index contributed by atoms with van der Waals surface area (Å²) in [5.41, 5.74) is 1.79. The third kappa shape index (κ3) is 1.92. The number of halogens is 1. The molecule has 0 unspecified atom stereocenters. The maximum Gasteiger partial charge on any atom is 0.358 e. The van der Waals surface area contributed by atoms with Gasteiger partial charge in [0.2, 0.25) is 0 Å². The van der Waals surface area contributed by atoms with Crippen LogP contribution < -0.4 is 0 Å². The van der Waals surface area contributed by atoms with Crippen LogP contribution in [-0.2, 0) is 4.74 Å². The molecular weight excluding hydrogens is 274 g/mol. The molecule has 0 radical (unpaired) electrons. The molecule has 0 bridgehead atoms. The summed E-state index contributed by atoms with van der Waals surface area (Å²) in [7, 11) is 0. The molecule has 0 atom stereocenters. The van der Waals surface area contributed by atoms with Crippen molar-refractivity contribution in [2.45, 2.75) is 13.8 Å². The first-order valence-corrected chi connectivity index (χ1v) is 5.60. The lowest BCUT2D eigenvalue weighted by Crippen LogP contribution is -2.09. The van der Waals surface area contributed by atoms with E-state index in [1.54, 1.807) is 23.7 Å². The molecule has 0 aromatic carbocycles. The highest BCUT2D eigenvalue weighted by Gasteiger charge is 2.13. The molecule has 0 spiro atoms. The van der Waals surface area contributed by atoms with Crippen LogP contribution in [0.5, 0.6) is 0 Å². The monoisotopic (exact) mass is 283 g/mol. The van der Waals surface area contributed by atoms with Gasteiger partial charge in [-0.3, -0.25) is 0 Å². The van der Waals surface area contributed by atoms with Crippen LogP contribution >= 0.6 is 15.9 Å². The normalized spacial score (nSPS) is 10.7. The number of fused-ring (bicyclic) bond motifs is 1. The number of carbonyl (C=O) groups is 1. The van der Waals surface area contributed by atoms with Gasteiger partial charge >= 0.3 is 5.97 Å². The molecule has 0 aliphatic rings. The predicted molar refractivity (Wildman–Crippen MR) is 61.4 cm³/mol. The zero-order chi connectivity index (χ0) is 11.7. The Balaban J connectivity index is 2.53. The lowest BCUT2D eigenvalue weighted by Gasteiger charge is -2.02. The number of hydrogen-bond acceptors (Lipinski definition) is 4. The van der Waals surface area contributed by atoms with Gasteiger partial charge < -0.3 is 4.74 Å². The van der Waals surface area contributed by atoms with Crippen molar-refractivity contribution < 1.29 is 9.53 Å². The predicted octanol–water partition coefficient (Wildman–Crippen LogP) is 1.98. The van der Waals surface area contributed by atoms with Gasteiger partial charge in [-0.1, -0.05) is 0 Å². The average Bonchev–Trinajstić information content (AvgIpc) is 2.59. The van der Waals surface area contributed by atoms with Crippen LogP contribution in [0, 0.1) is 6.92 Å². The van der Waals surface area contributed by atoms with Crippen molar-refractivity contribution in [1.29, 1.82) is 0 Å². The Morgan fingerprint density at radius 3 is 3.06 bits per heavy atom. The minimum Gasteiger partial charge on any atom is -0.461 e. The van der Waals surface area contributed by atoms with E-state index in [9.17, 15) is 4.79 Å². The first kappa shape index (κ1) is 11.1. The smallest absolute Gasteiger partial charge is 0.358 e. The van der Waals surface area contributed by atoms with Crippen LogP contribution in [0.15, 0.2) is 16.7 Å². The number of carbonyl (C=O) groups excluding carboxylic acids is 1. The van der Waals surface area contributed by atoms with Crippen LogP contribution in [-0.4, -0.2) is 27.2 Å². The highest BCUT2D eigenvalue weighted by Crippen LogP contribution is 2.18. The van der Waals surface area contributed by atoms with Crippen LogP contribution in [0.25, 0.3) is 5.65 Å². The standard InChI is InChI=1S/C10H10BrN3O2/c1-3-16-10(15)8-4-7(11)9-12-6(2)5-14(9)13-8/h4-5H,3H2,1-2H3. The van der Waals surface area contributed by atoms with Gasteiger partial charge in [-0.25, -0.2) is 14.3 Å². The molecule has 0 saturated carbocycles. The number of esters is 1. The van der Waals surface area contributed by atoms with Crippen molar-refractivity contribution in [3.05, 3.63) is 28.1 Å². The van der Waals surface area contributed by atoms with Crippen LogP contribution in [0.4, 0.5) is 0 Å². The molecule has 2 rings (SSSR count). The molecule has 0 aliphatic heterocycles. The van der Waals surface area contributed by atoms with Crippen LogP contribution in [0.3, 0.4) is 0 Å². The molecular formula is C10H10BrN3O2. The second-order valence-electron chi connectivity index (χ2n) is 3.25. The second kappa shape index (κ2) is 4.21. The lowest BCUT2D eigenvalue weighted by atomic mass is 10.4. The minimum atomic E-state index is -0.434. The van der Waals surface area contributed by atoms with Gasteiger partial charge in [-0.15, -0.1) is 0 Å². The van der Waals surface area contributed by atoms with Gasteiger partial charge in [0.1, 0.15) is 0 Å². The number of imidazole rings is 1. The number of nitrogens with zero attached hydrogens (tertiary/aromatic N) is 3. The van der Waals surface area contributed by atoms with E-state index in [1.807, 2.05) is 6.92 Å². The quantitative estimate of drug-likeness (QED) is 0.791. The summed E-state index contributed by atoms with van der Waals surface area (Å²) in [4.78, 5) is 15.8. The van der Waals surface area contributed by atoms with Gasteiger partial charge in [0.15, 0.2) is 11.3 Å². The molecule has 0 N–H and O–H groups in total. The Morgan fingerprint density at radius 1 is 1.62 bits per heavy atom. The molecule has 0 aliphatic carbocycles. The number of rotatable bonds is 2. The third-order valence-electron chi connectivity index (χ3n) is 1.99. The fraction of sp³-hybridized carbons (Fsp3) is 0.300. The summed E-state index contributed by atoms with van der Waals surface area (Å²) in [5.74, 6) is -0.434. The number of ether oxygens (including phenoxy) is 1. The summed E-state index contributed by atoms with van der Waals surface area (Å²) in [6.07, 6.45) is 1.75. The van der Waals surface area contributed by atoms with Crippen LogP contribution in [0.2, 0.25) is 0 Å². The first-order valence-electron chi connectivity index (χ1n) is 4.81. The summed E-state index contributed by atoms with van der Waals surface area (Å²) in [5, 5.41) is 4.13. The fourth-order valence-corrected chi connectivity index (χ4v) is 1.85. The Bertz CT molecular complexity index is 550. The van der Waals surface area contributed by atoms with Crippen molar-refractivity contribution in [3.63, 3.8) is 0 Å². The highest BCUT2D eigenvalue weighted by atomic mass is 79.9. The van der Waals surface area contributed by atoms with Crippen molar-refractivity contribution in [2.24, 2.45) is 0 Å². The zero-order valence-corrected chi connectivity index (χ0v) is 10.5. The SMILES string of the molecule is CCOC(=O)c1cc(Br)c2nc(C)cn2n1.